The van der Waals surface area contributed by atoms with E-state index in [1.54, 1.807) is 13.1 Å². The lowest BCUT2D eigenvalue weighted by Gasteiger charge is -2.35. The summed E-state index contributed by atoms with van der Waals surface area (Å²) in [7, 11) is 1.81. The van der Waals surface area contributed by atoms with E-state index in [1.807, 2.05) is 4.90 Å². The van der Waals surface area contributed by atoms with Gasteiger partial charge in [0, 0.05) is 45.7 Å². The molecule has 0 spiro atoms. The van der Waals surface area contributed by atoms with Gasteiger partial charge in [0.25, 0.3) is 0 Å². The van der Waals surface area contributed by atoms with Gasteiger partial charge in [-0.05, 0) is 18.7 Å². The van der Waals surface area contributed by atoms with Crippen molar-refractivity contribution < 1.29 is 18.0 Å². The number of carbonyl (C=O) groups is 1. The Morgan fingerprint density at radius 1 is 1.22 bits per heavy atom. The number of amides is 1. The lowest BCUT2D eigenvalue weighted by molar-refractivity contribution is -0.137. The van der Waals surface area contributed by atoms with Gasteiger partial charge in [0.15, 0.2) is 0 Å². The van der Waals surface area contributed by atoms with Gasteiger partial charge in [0.1, 0.15) is 0 Å². The van der Waals surface area contributed by atoms with Crippen molar-refractivity contribution in [3.63, 3.8) is 0 Å². The van der Waals surface area contributed by atoms with Crippen LogP contribution in [0.5, 0.6) is 0 Å². The number of hydrogen-bond acceptors (Lipinski definition) is 3. The number of halogens is 3. The third-order valence-electron chi connectivity index (χ3n) is 3.97. The number of rotatable bonds is 5. The molecule has 0 unspecified atom stereocenters. The average molecular weight is 329 g/mol. The van der Waals surface area contributed by atoms with Gasteiger partial charge in [0.05, 0.1) is 5.56 Å². The largest absolute Gasteiger partial charge is 0.416 e. The molecule has 0 atom stereocenters. The van der Waals surface area contributed by atoms with Crippen LogP contribution < -0.4 is 5.32 Å². The summed E-state index contributed by atoms with van der Waals surface area (Å²) in [5.74, 6) is 0.123. The SMILES string of the molecule is CNCCC(=O)N1CCN(Cc2cccc(C(F)(F)F)c2)CC1. The van der Waals surface area contributed by atoms with Crippen molar-refractivity contribution in [1.29, 1.82) is 0 Å². The van der Waals surface area contributed by atoms with Gasteiger partial charge in [-0.2, -0.15) is 13.2 Å². The summed E-state index contributed by atoms with van der Waals surface area (Å²) < 4.78 is 38.2. The van der Waals surface area contributed by atoms with Gasteiger partial charge in [-0.3, -0.25) is 9.69 Å². The van der Waals surface area contributed by atoms with Crippen LogP contribution in [-0.2, 0) is 17.5 Å². The second kappa shape index (κ2) is 7.79. The van der Waals surface area contributed by atoms with Gasteiger partial charge in [-0.15, -0.1) is 0 Å². The van der Waals surface area contributed by atoms with Crippen LogP contribution in [0.3, 0.4) is 0 Å². The zero-order valence-electron chi connectivity index (χ0n) is 13.2. The molecule has 1 aliphatic rings. The maximum atomic E-state index is 12.7. The van der Waals surface area contributed by atoms with Crippen LogP contribution in [0.4, 0.5) is 13.2 Å². The molecule has 7 heteroatoms. The molecule has 4 nitrogen and oxygen atoms in total. The molecule has 0 aromatic heterocycles. The van der Waals surface area contributed by atoms with Gasteiger partial charge in [0.2, 0.25) is 5.91 Å². The third kappa shape index (κ3) is 5.21. The monoisotopic (exact) mass is 329 g/mol. The molecule has 1 N–H and O–H groups in total. The molecule has 1 amide bonds. The lowest BCUT2D eigenvalue weighted by atomic mass is 10.1. The zero-order chi connectivity index (χ0) is 16.9. The summed E-state index contributed by atoms with van der Waals surface area (Å²) in [5, 5.41) is 2.95. The van der Waals surface area contributed by atoms with Crippen LogP contribution in [0.1, 0.15) is 17.5 Å². The van der Waals surface area contributed by atoms with Crippen molar-refractivity contribution in [2.75, 3.05) is 39.8 Å². The average Bonchev–Trinajstić information content (AvgIpc) is 2.53. The minimum absolute atomic E-state index is 0.123. The number of carbonyl (C=O) groups excluding carboxylic acids is 1. The summed E-state index contributed by atoms with van der Waals surface area (Å²) in [6, 6.07) is 5.43. The van der Waals surface area contributed by atoms with Crippen molar-refractivity contribution in [2.45, 2.75) is 19.1 Å². The first-order valence-corrected chi connectivity index (χ1v) is 7.71. The first-order valence-electron chi connectivity index (χ1n) is 7.71. The Labute approximate surface area is 134 Å². The van der Waals surface area contributed by atoms with E-state index in [2.05, 4.69) is 10.2 Å². The predicted octanol–water partition coefficient (Wildman–Crippen LogP) is 1.96. The highest BCUT2D eigenvalue weighted by Gasteiger charge is 2.30. The highest BCUT2D eigenvalue weighted by molar-refractivity contribution is 5.76. The molecule has 1 aromatic rings. The summed E-state index contributed by atoms with van der Waals surface area (Å²) >= 11 is 0. The number of alkyl halides is 3. The minimum atomic E-state index is -4.31. The molecule has 0 aliphatic carbocycles. The Morgan fingerprint density at radius 2 is 1.91 bits per heavy atom. The second-order valence-corrected chi connectivity index (χ2v) is 5.71. The van der Waals surface area contributed by atoms with E-state index in [4.69, 9.17) is 0 Å². The molecule has 1 aliphatic heterocycles. The minimum Gasteiger partial charge on any atom is -0.340 e. The Bertz CT molecular complexity index is 526. The van der Waals surface area contributed by atoms with Gasteiger partial charge in [-0.1, -0.05) is 18.2 Å². The van der Waals surface area contributed by atoms with E-state index in [0.717, 1.165) is 6.07 Å². The highest BCUT2D eigenvalue weighted by atomic mass is 19.4. The van der Waals surface area contributed by atoms with E-state index in [9.17, 15) is 18.0 Å². The van der Waals surface area contributed by atoms with E-state index in [-0.39, 0.29) is 5.91 Å². The number of nitrogens with one attached hydrogen (secondary N) is 1. The second-order valence-electron chi connectivity index (χ2n) is 5.71. The van der Waals surface area contributed by atoms with E-state index in [1.165, 1.54) is 12.1 Å². The van der Waals surface area contributed by atoms with Crippen LogP contribution in [0.2, 0.25) is 0 Å². The number of benzene rings is 1. The van der Waals surface area contributed by atoms with Gasteiger partial charge >= 0.3 is 6.18 Å². The normalized spacial score (nSPS) is 16.6. The van der Waals surface area contributed by atoms with Crippen LogP contribution in [0.15, 0.2) is 24.3 Å². The Hall–Kier alpha value is -1.60. The lowest BCUT2D eigenvalue weighted by Crippen LogP contribution is -2.48. The van der Waals surface area contributed by atoms with Gasteiger partial charge < -0.3 is 10.2 Å². The fourth-order valence-corrected chi connectivity index (χ4v) is 2.65. The third-order valence-corrected chi connectivity index (χ3v) is 3.97. The Balaban J connectivity index is 1.86. The van der Waals surface area contributed by atoms with Gasteiger partial charge in [-0.25, -0.2) is 0 Å². The summed E-state index contributed by atoms with van der Waals surface area (Å²) in [6.07, 6.45) is -3.83. The quantitative estimate of drug-likeness (QED) is 0.897. The fraction of sp³-hybridized carbons (Fsp3) is 0.562. The number of nitrogens with zero attached hydrogens (tertiary/aromatic N) is 2. The predicted molar refractivity (Wildman–Crippen MR) is 81.8 cm³/mol. The van der Waals surface area contributed by atoms with Crippen LogP contribution in [-0.4, -0.2) is 55.5 Å². The standard InChI is InChI=1S/C16H22F3N3O/c1-20-6-5-15(23)22-9-7-21(8-10-22)12-13-3-2-4-14(11-13)16(17,18)19/h2-4,11,20H,5-10,12H2,1H3. The van der Waals surface area contributed by atoms with Crippen molar-refractivity contribution in [3.8, 4) is 0 Å². The van der Waals surface area contributed by atoms with E-state index in [0.29, 0.717) is 51.3 Å². The smallest absolute Gasteiger partial charge is 0.340 e. The number of hydrogen-bond donors (Lipinski definition) is 1. The van der Waals surface area contributed by atoms with Crippen molar-refractivity contribution in [1.82, 2.24) is 15.1 Å². The first kappa shape index (κ1) is 17.7. The summed E-state index contributed by atoms with van der Waals surface area (Å²) in [5.41, 5.74) is 0.0330. The molecule has 23 heavy (non-hydrogen) atoms. The maximum Gasteiger partial charge on any atom is 0.416 e. The maximum absolute atomic E-state index is 12.7. The fourth-order valence-electron chi connectivity index (χ4n) is 2.65. The first-order chi connectivity index (χ1) is 10.9. The van der Waals surface area contributed by atoms with E-state index >= 15 is 0 Å². The molecule has 0 radical (unpaired) electrons. The zero-order valence-corrected chi connectivity index (χ0v) is 13.2. The van der Waals surface area contributed by atoms with Crippen molar-refractivity contribution in [3.05, 3.63) is 35.4 Å². The molecule has 0 saturated carbocycles. The molecule has 1 heterocycles. The molecular formula is C16H22F3N3O. The van der Waals surface area contributed by atoms with Crippen LogP contribution in [0, 0.1) is 0 Å². The Morgan fingerprint density at radius 3 is 2.52 bits per heavy atom. The molecule has 128 valence electrons. The number of piperazine rings is 1. The summed E-state index contributed by atoms with van der Waals surface area (Å²) in [6.45, 7) is 3.75. The van der Waals surface area contributed by atoms with Crippen molar-refractivity contribution >= 4 is 5.91 Å². The topological polar surface area (TPSA) is 35.6 Å². The molecular weight excluding hydrogens is 307 g/mol. The molecule has 1 aromatic carbocycles. The van der Waals surface area contributed by atoms with Crippen LogP contribution >= 0.6 is 0 Å². The molecule has 2 rings (SSSR count). The molecule has 1 saturated heterocycles. The Kier molecular flexibility index (Phi) is 6.01. The molecule has 1 fully saturated rings. The summed E-state index contributed by atoms with van der Waals surface area (Å²) in [4.78, 5) is 15.8. The van der Waals surface area contributed by atoms with Crippen molar-refractivity contribution in [2.24, 2.45) is 0 Å². The van der Waals surface area contributed by atoms with E-state index < -0.39 is 11.7 Å². The molecule has 0 bridgehead atoms. The highest BCUT2D eigenvalue weighted by Crippen LogP contribution is 2.29. The van der Waals surface area contributed by atoms with Crippen LogP contribution in [0.25, 0.3) is 0 Å².